The standard InChI is InChI=1S/C24H38O4.C5H5N/c1-3-5-7-9-11-13-15-20-16-17-21(23(25)26)22(19-20)24(27)28-18-14-12-10-8-6-4-2;1-2-4-6-5-3-1/h16-17,19H,3-15,18H2,1-2H3,(H,25,26);1-5H. The summed E-state index contributed by atoms with van der Waals surface area (Å²) >= 11 is 0. The number of rotatable bonds is 16. The molecule has 1 heterocycles. The van der Waals surface area contributed by atoms with Crippen LogP contribution in [0.25, 0.3) is 0 Å². The summed E-state index contributed by atoms with van der Waals surface area (Å²) in [5.41, 5.74) is 1.22. The van der Waals surface area contributed by atoms with Crippen molar-refractivity contribution in [3.8, 4) is 0 Å². The van der Waals surface area contributed by atoms with Crippen molar-refractivity contribution in [1.29, 1.82) is 0 Å². The number of hydrogen-bond acceptors (Lipinski definition) is 4. The van der Waals surface area contributed by atoms with Gasteiger partial charge >= 0.3 is 11.9 Å². The van der Waals surface area contributed by atoms with Crippen LogP contribution in [0.1, 0.15) is 117 Å². The zero-order valence-corrected chi connectivity index (χ0v) is 21.1. The number of benzene rings is 1. The molecule has 0 spiro atoms. The fourth-order valence-corrected chi connectivity index (χ4v) is 3.65. The van der Waals surface area contributed by atoms with E-state index in [4.69, 9.17) is 4.74 Å². The number of esters is 1. The Kier molecular flexibility index (Phi) is 17.0. The Balaban J connectivity index is 0.000000830. The van der Waals surface area contributed by atoms with Gasteiger partial charge in [0.2, 0.25) is 0 Å². The van der Waals surface area contributed by atoms with Crippen LogP contribution in [0.5, 0.6) is 0 Å². The molecule has 0 radical (unpaired) electrons. The molecular formula is C29H43NO4. The topological polar surface area (TPSA) is 76.5 Å². The highest BCUT2D eigenvalue weighted by molar-refractivity contribution is 6.02. The molecule has 0 aliphatic rings. The molecule has 5 nitrogen and oxygen atoms in total. The van der Waals surface area contributed by atoms with Gasteiger partial charge < -0.3 is 9.84 Å². The summed E-state index contributed by atoms with van der Waals surface area (Å²) in [6, 6.07) is 10.8. The van der Waals surface area contributed by atoms with Crippen molar-refractivity contribution in [3.63, 3.8) is 0 Å². The molecule has 0 unspecified atom stereocenters. The second-order valence-electron chi connectivity index (χ2n) is 8.63. The van der Waals surface area contributed by atoms with Crippen molar-refractivity contribution >= 4 is 11.9 Å². The van der Waals surface area contributed by atoms with Gasteiger partial charge in [0.25, 0.3) is 0 Å². The molecule has 1 aromatic carbocycles. The van der Waals surface area contributed by atoms with Crippen LogP contribution in [0.15, 0.2) is 48.8 Å². The van der Waals surface area contributed by atoms with Gasteiger partial charge in [-0.2, -0.15) is 0 Å². The van der Waals surface area contributed by atoms with Crippen LogP contribution in [-0.2, 0) is 11.2 Å². The van der Waals surface area contributed by atoms with E-state index >= 15 is 0 Å². The number of carboxylic acid groups (broad SMARTS) is 1. The zero-order chi connectivity index (χ0) is 24.9. The van der Waals surface area contributed by atoms with Gasteiger partial charge in [-0.1, -0.05) is 90.2 Å². The molecule has 0 fully saturated rings. The van der Waals surface area contributed by atoms with Crippen LogP contribution < -0.4 is 0 Å². The lowest BCUT2D eigenvalue weighted by molar-refractivity contribution is 0.0487. The normalized spacial score (nSPS) is 10.3. The van der Waals surface area contributed by atoms with Crippen LogP contribution in [0.4, 0.5) is 0 Å². The van der Waals surface area contributed by atoms with E-state index in [0.29, 0.717) is 6.61 Å². The molecule has 1 N–H and O–H groups in total. The molecule has 2 aromatic rings. The number of aromatic carboxylic acids is 1. The summed E-state index contributed by atoms with van der Waals surface area (Å²) in [7, 11) is 0. The Morgan fingerprint density at radius 2 is 1.35 bits per heavy atom. The van der Waals surface area contributed by atoms with E-state index in [0.717, 1.165) is 37.7 Å². The van der Waals surface area contributed by atoms with Gasteiger partial charge in [-0.25, -0.2) is 9.59 Å². The van der Waals surface area contributed by atoms with Gasteiger partial charge in [0.15, 0.2) is 0 Å². The highest BCUT2D eigenvalue weighted by Gasteiger charge is 2.18. The van der Waals surface area contributed by atoms with Crippen LogP contribution in [0.3, 0.4) is 0 Å². The third kappa shape index (κ3) is 13.8. The van der Waals surface area contributed by atoms with Gasteiger partial charge in [-0.15, -0.1) is 0 Å². The Hall–Kier alpha value is -2.69. The van der Waals surface area contributed by atoms with E-state index in [1.54, 1.807) is 18.5 Å². The third-order valence-corrected chi connectivity index (χ3v) is 5.65. The molecule has 0 amide bonds. The number of aromatic nitrogens is 1. The average molecular weight is 470 g/mol. The lowest BCUT2D eigenvalue weighted by Gasteiger charge is -2.10. The lowest BCUT2D eigenvalue weighted by atomic mass is 9.99. The highest BCUT2D eigenvalue weighted by atomic mass is 16.5. The van der Waals surface area contributed by atoms with E-state index in [9.17, 15) is 14.7 Å². The van der Waals surface area contributed by atoms with E-state index in [1.165, 1.54) is 57.4 Å². The summed E-state index contributed by atoms with van der Waals surface area (Å²) in [5.74, 6) is -1.60. The third-order valence-electron chi connectivity index (χ3n) is 5.65. The SMILES string of the molecule is CCCCCCCCOC(=O)c1cc(CCCCCCCC)ccc1C(=O)O.c1ccncc1. The minimum atomic E-state index is -1.09. The van der Waals surface area contributed by atoms with E-state index in [1.807, 2.05) is 24.3 Å². The highest BCUT2D eigenvalue weighted by Crippen LogP contribution is 2.17. The number of carboxylic acids is 1. The Morgan fingerprint density at radius 3 is 1.88 bits per heavy atom. The maximum Gasteiger partial charge on any atom is 0.339 e. The first-order chi connectivity index (χ1) is 16.6. The van der Waals surface area contributed by atoms with E-state index in [2.05, 4.69) is 18.8 Å². The summed E-state index contributed by atoms with van der Waals surface area (Å²) < 4.78 is 5.35. The van der Waals surface area contributed by atoms with Crippen LogP contribution in [0, 0.1) is 0 Å². The predicted octanol–water partition coefficient (Wildman–Crippen LogP) is 7.89. The van der Waals surface area contributed by atoms with Crippen LogP contribution in [-0.4, -0.2) is 28.6 Å². The van der Waals surface area contributed by atoms with Crippen molar-refractivity contribution in [2.24, 2.45) is 0 Å². The molecule has 0 aliphatic carbocycles. The van der Waals surface area contributed by atoms with Gasteiger partial charge in [-0.3, -0.25) is 4.98 Å². The lowest BCUT2D eigenvalue weighted by Crippen LogP contribution is -2.13. The second-order valence-corrected chi connectivity index (χ2v) is 8.63. The summed E-state index contributed by atoms with van der Waals surface area (Å²) in [4.78, 5) is 27.7. The first-order valence-electron chi connectivity index (χ1n) is 13.0. The summed E-state index contributed by atoms with van der Waals surface area (Å²) in [6.45, 7) is 4.74. The number of unbranched alkanes of at least 4 members (excludes halogenated alkanes) is 10. The minimum Gasteiger partial charge on any atom is -0.478 e. The molecule has 0 saturated heterocycles. The Morgan fingerprint density at radius 1 is 0.765 bits per heavy atom. The average Bonchev–Trinajstić information content (AvgIpc) is 2.86. The number of aryl methyl sites for hydroxylation is 1. The number of ether oxygens (including phenoxy) is 1. The van der Waals surface area contributed by atoms with Crippen LogP contribution in [0.2, 0.25) is 0 Å². The molecule has 188 valence electrons. The predicted molar refractivity (Wildman–Crippen MR) is 138 cm³/mol. The van der Waals surface area contributed by atoms with Gasteiger partial charge in [0.1, 0.15) is 0 Å². The summed E-state index contributed by atoms with van der Waals surface area (Å²) in [5, 5.41) is 9.39. The molecular weight excluding hydrogens is 426 g/mol. The maximum atomic E-state index is 12.4. The first kappa shape index (κ1) is 29.3. The maximum absolute atomic E-state index is 12.4. The molecule has 0 aliphatic heterocycles. The number of hydrogen-bond donors (Lipinski definition) is 1. The van der Waals surface area contributed by atoms with Gasteiger partial charge in [-0.05, 0) is 49.1 Å². The monoisotopic (exact) mass is 469 g/mol. The minimum absolute atomic E-state index is 0.0274. The fourth-order valence-electron chi connectivity index (χ4n) is 3.65. The molecule has 0 bridgehead atoms. The van der Waals surface area contributed by atoms with E-state index < -0.39 is 11.9 Å². The van der Waals surface area contributed by atoms with Crippen molar-refractivity contribution in [1.82, 2.24) is 4.98 Å². The Bertz CT molecular complexity index is 765. The van der Waals surface area contributed by atoms with Crippen molar-refractivity contribution in [2.75, 3.05) is 6.61 Å². The largest absolute Gasteiger partial charge is 0.478 e. The smallest absolute Gasteiger partial charge is 0.339 e. The molecule has 34 heavy (non-hydrogen) atoms. The Labute approximate surface area is 206 Å². The van der Waals surface area contributed by atoms with Crippen molar-refractivity contribution in [2.45, 2.75) is 97.3 Å². The quantitative estimate of drug-likeness (QED) is 0.200. The number of carbonyl (C=O) groups is 2. The number of nitrogens with zero attached hydrogens (tertiary/aromatic N) is 1. The summed E-state index contributed by atoms with van der Waals surface area (Å²) in [6.07, 6.45) is 18.3. The molecule has 0 saturated carbocycles. The molecule has 1 aromatic heterocycles. The number of carbonyl (C=O) groups excluding carboxylic acids is 1. The van der Waals surface area contributed by atoms with Crippen molar-refractivity contribution < 1.29 is 19.4 Å². The molecule has 2 rings (SSSR count). The zero-order valence-electron chi connectivity index (χ0n) is 21.1. The van der Waals surface area contributed by atoms with Gasteiger partial charge in [0.05, 0.1) is 17.7 Å². The second kappa shape index (κ2) is 19.7. The van der Waals surface area contributed by atoms with E-state index in [-0.39, 0.29) is 11.1 Å². The first-order valence-corrected chi connectivity index (χ1v) is 13.0. The van der Waals surface area contributed by atoms with Crippen LogP contribution >= 0.6 is 0 Å². The number of pyridine rings is 1. The molecule has 5 heteroatoms. The van der Waals surface area contributed by atoms with Crippen molar-refractivity contribution in [3.05, 3.63) is 65.5 Å². The van der Waals surface area contributed by atoms with Gasteiger partial charge in [0, 0.05) is 12.4 Å². The molecule has 0 atom stereocenters. The fraction of sp³-hybridized carbons (Fsp3) is 0.552.